The Morgan fingerprint density at radius 3 is 2.17 bits per heavy atom. The van der Waals surface area contributed by atoms with Gasteiger partial charge < -0.3 is 4.90 Å². The lowest BCUT2D eigenvalue weighted by Gasteiger charge is -2.34. The van der Waals surface area contributed by atoms with Crippen molar-refractivity contribution in [1.29, 1.82) is 0 Å². The molecular weight excluding hydrogens is 404 g/mol. The molecule has 4 heterocycles. The van der Waals surface area contributed by atoms with E-state index in [4.69, 9.17) is 0 Å². The second-order valence-corrected chi connectivity index (χ2v) is 9.45. The van der Waals surface area contributed by atoms with Gasteiger partial charge in [0.1, 0.15) is 28.7 Å². The van der Waals surface area contributed by atoms with Gasteiger partial charge in [-0.25, -0.2) is 23.4 Å². The van der Waals surface area contributed by atoms with Gasteiger partial charge in [0, 0.05) is 37.9 Å². The first kappa shape index (κ1) is 20.5. The van der Waals surface area contributed by atoms with E-state index in [0.717, 1.165) is 23.0 Å². The minimum Gasteiger partial charge on any atom is -0.354 e. The molecule has 0 radical (unpaired) electrons. The first-order valence-corrected chi connectivity index (χ1v) is 11.3. The summed E-state index contributed by atoms with van der Waals surface area (Å²) in [4.78, 5) is 15.9. The maximum absolute atomic E-state index is 13.1. The Labute approximate surface area is 176 Å². The van der Waals surface area contributed by atoms with Crippen molar-refractivity contribution in [2.75, 3.05) is 31.1 Å². The molecule has 0 unspecified atom stereocenters. The molecule has 0 amide bonds. The number of piperazine rings is 1. The van der Waals surface area contributed by atoms with Crippen LogP contribution < -0.4 is 4.90 Å². The molecule has 4 rings (SSSR count). The van der Waals surface area contributed by atoms with Crippen molar-refractivity contribution in [2.24, 2.45) is 0 Å². The Kier molecular flexibility index (Phi) is 5.10. The Morgan fingerprint density at radius 2 is 1.60 bits per heavy atom. The number of H-pyrrole nitrogens is 1. The lowest BCUT2D eigenvalue weighted by Crippen LogP contribution is -2.49. The smallest absolute Gasteiger partial charge is 0.246 e. The van der Waals surface area contributed by atoms with Gasteiger partial charge in [-0.15, -0.1) is 0 Å². The molecule has 3 aromatic rings. The van der Waals surface area contributed by atoms with Crippen molar-refractivity contribution in [3.8, 4) is 5.82 Å². The summed E-state index contributed by atoms with van der Waals surface area (Å²) < 4.78 is 29.6. The summed E-state index contributed by atoms with van der Waals surface area (Å²) in [6, 6.07) is 1.93. The van der Waals surface area contributed by atoms with Crippen molar-refractivity contribution in [1.82, 2.24) is 34.0 Å². The molecule has 1 saturated heterocycles. The zero-order valence-electron chi connectivity index (χ0n) is 17.8. The Hall–Kier alpha value is -2.79. The van der Waals surface area contributed by atoms with E-state index in [1.165, 1.54) is 4.31 Å². The lowest BCUT2D eigenvalue weighted by molar-refractivity contribution is 0.383. The zero-order valence-corrected chi connectivity index (χ0v) is 18.7. The molecule has 0 spiro atoms. The van der Waals surface area contributed by atoms with E-state index in [2.05, 4.69) is 30.0 Å². The molecule has 1 aliphatic heterocycles. The van der Waals surface area contributed by atoms with Crippen molar-refractivity contribution in [2.45, 2.75) is 39.5 Å². The van der Waals surface area contributed by atoms with Crippen LogP contribution in [0.4, 0.5) is 5.82 Å². The van der Waals surface area contributed by atoms with Crippen molar-refractivity contribution >= 4 is 15.8 Å². The van der Waals surface area contributed by atoms with Crippen molar-refractivity contribution in [3.63, 3.8) is 0 Å². The molecule has 0 atom stereocenters. The predicted molar refractivity (Wildman–Crippen MR) is 112 cm³/mol. The van der Waals surface area contributed by atoms with Crippen LogP contribution in [0.15, 0.2) is 17.3 Å². The fourth-order valence-corrected chi connectivity index (χ4v) is 5.51. The number of rotatable bonds is 4. The number of aromatic nitrogens is 6. The Morgan fingerprint density at radius 1 is 0.933 bits per heavy atom. The van der Waals surface area contributed by atoms with Gasteiger partial charge in [0.25, 0.3) is 0 Å². The fraction of sp³-hybridized carbons (Fsp3) is 0.474. The monoisotopic (exact) mass is 430 g/mol. The van der Waals surface area contributed by atoms with Crippen LogP contribution in [0.3, 0.4) is 0 Å². The molecule has 30 heavy (non-hydrogen) atoms. The SMILES string of the molecule is Cc1nc(N2CCN(S(=O)(=O)c3c(C)n[nH]c3C)CC2)cc(-n2cnc(C)c2C)n1. The van der Waals surface area contributed by atoms with Gasteiger partial charge in [0.2, 0.25) is 10.0 Å². The highest BCUT2D eigenvalue weighted by Crippen LogP contribution is 2.25. The summed E-state index contributed by atoms with van der Waals surface area (Å²) in [5, 5.41) is 6.79. The molecule has 0 bridgehead atoms. The van der Waals surface area contributed by atoms with E-state index >= 15 is 0 Å². The molecule has 10 nitrogen and oxygen atoms in total. The molecule has 1 fully saturated rings. The van der Waals surface area contributed by atoms with Gasteiger partial charge in [-0.1, -0.05) is 0 Å². The van der Waals surface area contributed by atoms with Crippen molar-refractivity contribution in [3.05, 3.63) is 41.0 Å². The van der Waals surface area contributed by atoms with Crippen LogP contribution in [0.25, 0.3) is 5.82 Å². The Balaban J connectivity index is 1.56. The van der Waals surface area contributed by atoms with Gasteiger partial charge in [-0.05, 0) is 34.6 Å². The summed E-state index contributed by atoms with van der Waals surface area (Å²) in [5.74, 6) is 2.21. The number of aromatic amines is 1. The maximum Gasteiger partial charge on any atom is 0.246 e. The van der Waals surface area contributed by atoms with Crippen LogP contribution in [-0.2, 0) is 10.0 Å². The molecule has 0 aromatic carbocycles. The van der Waals surface area contributed by atoms with Crippen LogP contribution in [0.5, 0.6) is 0 Å². The van der Waals surface area contributed by atoms with E-state index in [9.17, 15) is 8.42 Å². The van der Waals surface area contributed by atoms with Gasteiger partial charge >= 0.3 is 0 Å². The summed E-state index contributed by atoms with van der Waals surface area (Å²) in [6.45, 7) is 11.1. The van der Waals surface area contributed by atoms with Crippen LogP contribution in [0, 0.1) is 34.6 Å². The van der Waals surface area contributed by atoms with Crippen LogP contribution in [-0.4, -0.2) is 68.6 Å². The van der Waals surface area contributed by atoms with Gasteiger partial charge in [0.05, 0.1) is 17.1 Å². The first-order valence-electron chi connectivity index (χ1n) is 9.81. The fourth-order valence-electron chi connectivity index (χ4n) is 3.76. The topological polar surface area (TPSA) is 113 Å². The normalized spacial score (nSPS) is 15.7. The molecule has 11 heteroatoms. The molecule has 0 saturated carbocycles. The van der Waals surface area contributed by atoms with Crippen LogP contribution >= 0.6 is 0 Å². The lowest BCUT2D eigenvalue weighted by atomic mass is 10.3. The predicted octanol–water partition coefficient (Wildman–Crippen LogP) is 1.44. The Bertz CT molecular complexity index is 1170. The maximum atomic E-state index is 13.1. The highest BCUT2D eigenvalue weighted by molar-refractivity contribution is 7.89. The number of hydrogen-bond donors (Lipinski definition) is 1. The molecule has 0 aliphatic carbocycles. The highest BCUT2D eigenvalue weighted by atomic mass is 32.2. The molecule has 1 aliphatic rings. The average molecular weight is 431 g/mol. The summed E-state index contributed by atoms with van der Waals surface area (Å²) in [7, 11) is -3.58. The molecule has 3 aromatic heterocycles. The number of imidazole rings is 1. The average Bonchev–Trinajstić information content (AvgIpc) is 3.23. The second kappa shape index (κ2) is 7.47. The number of hydrogen-bond acceptors (Lipinski definition) is 7. The summed E-state index contributed by atoms with van der Waals surface area (Å²) in [6.07, 6.45) is 1.76. The standard InChI is InChI=1S/C19H26N8O2S/c1-12-15(4)27(11-20-12)18-10-17(21-16(5)22-18)25-6-8-26(9-7-25)30(28,29)19-13(2)23-24-14(19)3/h10-11H,6-9H2,1-5H3,(H,23,24). The third-order valence-corrected chi connectivity index (χ3v) is 7.69. The number of anilines is 1. The highest BCUT2D eigenvalue weighted by Gasteiger charge is 2.32. The number of nitrogens with zero attached hydrogens (tertiary/aromatic N) is 7. The summed E-state index contributed by atoms with van der Waals surface area (Å²) in [5.41, 5.74) is 3.05. The molecule has 1 N–H and O–H groups in total. The summed E-state index contributed by atoms with van der Waals surface area (Å²) >= 11 is 0. The third kappa shape index (κ3) is 3.47. The van der Waals surface area contributed by atoms with Crippen molar-refractivity contribution < 1.29 is 8.42 Å². The van der Waals surface area contributed by atoms with E-state index in [0.29, 0.717) is 43.4 Å². The van der Waals surface area contributed by atoms with E-state index in [1.807, 2.05) is 31.4 Å². The van der Waals surface area contributed by atoms with E-state index < -0.39 is 10.0 Å². The second-order valence-electron chi connectivity index (χ2n) is 7.57. The number of nitrogens with one attached hydrogen (secondary N) is 1. The van der Waals surface area contributed by atoms with Crippen LogP contribution in [0.1, 0.15) is 28.6 Å². The zero-order chi connectivity index (χ0) is 21.6. The number of aryl methyl sites for hydroxylation is 4. The van der Waals surface area contributed by atoms with Gasteiger partial charge in [-0.2, -0.15) is 9.40 Å². The van der Waals surface area contributed by atoms with Crippen LogP contribution in [0.2, 0.25) is 0 Å². The minimum atomic E-state index is -3.58. The minimum absolute atomic E-state index is 0.280. The molecule has 160 valence electrons. The third-order valence-electron chi connectivity index (χ3n) is 5.53. The first-order chi connectivity index (χ1) is 14.2. The van der Waals surface area contributed by atoms with E-state index in [1.54, 1.807) is 20.2 Å². The van der Waals surface area contributed by atoms with Gasteiger partial charge in [-0.3, -0.25) is 9.67 Å². The van der Waals surface area contributed by atoms with E-state index in [-0.39, 0.29) is 4.90 Å². The van der Waals surface area contributed by atoms with Gasteiger partial charge in [0.15, 0.2) is 0 Å². The molecular formula is C19H26N8O2S. The largest absolute Gasteiger partial charge is 0.354 e. The number of sulfonamides is 1. The quantitative estimate of drug-likeness (QED) is 0.666.